The van der Waals surface area contributed by atoms with Crippen molar-refractivity contribution in [2.45, 2.75) is 0 Å². The van der Waals surface area contributed by atoms with E-state index in [9.17, 15) is 4.79 Å². The number of thiophene rings is 1. The highest BCUT2D eigenvalue weighted by Gasteiger charge is 2.13. The normalized spacial score (nSPS) is 11.1. The Balaban J connectivity index is 2.00. The second-order valence-electron chi connectivity index (χ2n) is 4.76. The standard InChI is InChI=1S/C16H11N3O2S/c1-21-12-5-3-2-4-9(12)11-7-6-10-13-14(22-16(10)19-11)15(20)18-8-17-13/h2-8H,1H3,(H,17,18,20). The highest BCUT2D eigenvalue weighted by atomic mass is 32.1. The fourth-order valence-electron chi connectivity index (χ4n) is 2.48. The van der Waals surface area contributed by atoms with Crippen molar-refractivity contribution in [3.05, 3.63) is 53.1 Å². The zero-order chi connectivity index (χ0) is 15.1. The SMILES string of the molecule is COc1ccccc1-c1ccc2c(n1)sc1c(=O)[nH]cnc12. The largest absolute Gasteiger partial charge is 0.496 e. The summed E-state index contributed by atoms with van der Waals surface area (Å²) in [5, 5.41) is 0.893. The molecule has 108 valence electrons. The van der Waals surface area contributed by atoms with Crippen molar-refractivity contribution >= 4 is 31.8 Å². The Morgan fingerprint density at radius 3 is 2.91 bits per heavy atom. The molecule has 0 bridgehead atoms. The lowest BCUT2D eigenvalue weighted by atomic mass is 10.1. The van der Waals surface area contributed by atoms with Gasteiger partial charge in [0.15, 0.2) is 0 Å². The minimum absolute atomic E-state index is 0.133. The van der Waals surface area contributed by atoms with Gasteiger partial charge in [0.2, 0.25) is 0 Å². The summed E-state index contributed by atoms with van der Waals surface area (Å²) < 4.78 is 5.99. The third-order valence-electron chi connectivity index (χ3n) is 3.51. The van der Waals surface area contributed by atoms with Crippen LogP contribution >= 0.6 is 11.3 Å². The second-order valence-corrected chi connectivity index (χ2v) is 5.76. The quantitative estimate of drug-likeness (QED) is 0.617. The molecule has 5 nitrogen and oxygen atoms in total. The van der Waals surface area contributed by atoms with E-state index in [2.05, 4.69) is 15.0 Å². The zero-order valence-electron chi connectivity index (χ0n) is 11.7. The van der Waals surface area contributed by atoms with Gasteiger partial charge in [-0.15, -0.1) is 11.3 Å². The van der Waals surface area contributed by atoms with Crippen molar-refractivity contribution in [3.63, 3.8) is 0 Å². The van der Waals surface area contributed by atoms with Crippen LogP contribution < -0.4 is 10.3 Å². The average molecular weight is 309 g/mol. The molecule has 0 radical (unpaired) electrons. The Morgan fingerprint density at radius 2 is 2.05 bits per heavy atom. The number of ether oxygens (including phenoxy) is 1. The van der Waals surface area contributed by atoms with Crippen molar-refractivity contribution in [3.8, 4) is 17.0 Å². The molecule has 4 aromatic rings. The molecular weight excluding hydrogens is 298 g/mol. The number of fused-ring (bicyclic) bond motifs is 3. The first-order valence-corrected chi connectivity index (χ1v) is 7.50. The summed E-state index contributed by atoms with van der Waals surface area (Å²) in [7, 11) is 1.64. The molecule has 6 heteroatoms. The van der Waals surface area contributed by atoms with Crippen molar-refractivity contribution in [2.75, 3.05) is 7.11 Å². The summed E-state index contributed by atoms with van der Waals surface area (Å²) in [6.45, 7) is 0. The molecule has 3 aromatic heterocycles. The number of hydrogen-bond acceptors (Lipinski definition) is 5. The van der Waals surface area contributed by atoms with Gasteiger partial charge >= 0.3 is 0 Å². The van der Waals surface area contributed by atoms with E-state index in [4.69, 9.17) is 4.74 Å². The average Bonchev–Trinajstić information content (AvgIpc) is 2.94. The van der Waals surface area contributed by atoms with Crippen LogP contribution in [0.1, 0.15) is 0 Å². The fraction of sp³-hybridized carbons (Fsp3) is 0.0625. The summed E-state index contributed by atoms with van der Waals surface area (Å²) in [6.07, 6.45) is 1.42. The molecule has 0 saturated carbocycles. The van der Waals surface area contributed by atoms with Crippen molar-refractivity contribution in [1.29, 1.82) is 0 Å². The number of nitrogens with one attached hydrogen (secondary N) is 1. The van der Waals surface area contributed by atoms with E-state index in [1.807, 2.05) is 36.4 Å². The monoisotopic (exact) mass is 309 g/mol. The molecule has 0 aliphatic rings. The van der Waals surface area contributed by atoms with Crippen molar-refractivity contribution in [2.24, 2.45) is 0 Å². The first kappa shape index (κ1) is 13.0. The molecule has 22 heavy (non-hydrogen) atoms. The number of methoxy groups -OCH3 is 1. The molecule has 0 unspecified atom stereocenters. The smallest absolute Gasteiger partial charge is 0.268 e. The Morgan fingerprint density at radius 1 is 1.18 bits per heavy atom. The number of rotatable bonds is 2. The molecule has 0 fully saturated rings. The maximum atomic E-state index is 11.9. The van der Waals surface area contributed by atoms with Crippen LogP contribution in [-0.4, -0.2) is 22.1 Å². The van der Waals surface area contributed by atoms with Crippen LogP contribution in [0.4, 0.5) is 0 Å². The van der Waals surface area contributed by atoms with Gasteiger partial charge in [-0.2, -0.15) is 0 Å². The topological polar surface area (TPSA) is 67.9 Å². The van der Waals surface area contributed by atoms with E-state index in [0.29, 0.717) is 10.2 Å². The lowest BCUT2D eigenvalue weighted by Crippen LogP contribution is -2.03. The van der Waals surface area contributed by atoms with Gasteiger partial charge < -0.3 is 9.72 Å². The summed E-state index contributed by atoms with van der Waals surface area (Å²) in [5.74, 6) is 0.770. The van der Waals surface area contributed by atoms with Crippen LogP contribution in [0.3, 0.4) is 0 Å². The van der Waals surface area contributed by atoms with Crippen LogP contribution in [0.2, 0.25) is 0 Å². The van der Waals surface area contributed by atoms with Gasteiger partial charge in [0.1, 0.15) is 15.3 Å². The molecule has 0 atom stereocenters. The van der Waals surface area contributed by atoms with Crippen LogP contribution in [0.5, 0.6) is 5.75 Å². The predicted octanol–water partition coefficient (Wildman–Crippen LogP) is 3.21. The Bertz CT molecular complexity index is 1050. The van der Waals surface area contributed by atoms with Gasteiger partial charge in [0.05, 0.1) is 24.6 Å². The van der Waals surface area contributed by atoms with E-state index in [1.54, 1.807) is 7.11 Å². The number of benzene rings is 1. The summed E-state index contributed by atoms with van der Waals surface area (Å²) in [4.78, 5) is 24.2. The molecular formula is C16H11N3O2S. The molecule has 4 rings (SSSR count). The highest BCUT2D eigenvalue weighted by Crippen LogP contribution is 2.33. The molecule has 0 amide bonds. The number of nitrogens with zero attached hydrogens (tertiary/aromatic N) is 2. The second kappa shape index (κ2) is 4.92. The number of para-hydroxylation sites is 1. The lowest BCUT2D eigenvalue weighted by molar-refractivity contribution is 0.416. The maximum Gasteiger partial charge on any atom is 0.268 e. The molecule has 3 heterocycles. The summed E-state index contributed by atoms with van der Waals surface area (Å²) in [6, 6.07) is 11.6. The van der Waals surface area contributed by atoms with E-state index in [0.717, 1.165) is 27.2 Å². The van der Waals surface area contributed by atoms with Crippen molar-refractivity contribution in [1.82, 2.24) is 15.0 Å². The van der Waals surface area contributed by atoms with Crippen molar-refractivity contribution < 1.29 is 4.74 Å². The van der Waals surface area contributed by atoms with Crippen LogP contribution in [0.15, 0.2) is 47.5 Å². The molecule has 0 spiro atoms. The van der Waals surface area contributed by atoms with Crippen LogP contribution in [-0.2, 0) is 0 Å². The zero-order valence-corrected chi connectivity index (χ0v) is 12.5. The molecule has 1 N–H and O–H groups in total. The van der Waals surface area contributed by atoms with Gasteiger partial charge in [-0.05, 0) is 24.3 Å². The van der Waals surface area contributed by atoms with Gasteiger partial charge in [0, 0.05) is 10.9 Å². The van der Waals surface area contributed by atoms with Crippen LogP contribution in [0, 0.1) is 0 Å². The van der Waals surface area contributed by atoms with Gasteiger partial charge in [0.25, 0.3) is 5.56 Å². The predicted molar refractivity (Wildman–Crippen MR) is 87.5 cm³/mol. The first-order chi connectivity index (χ1) is 10.8. The Hall–Kier alpha value is -2.73. The number of aromatic amines is 1. The summed E-state index contributed by atoms with van der Waals surface area (Å²) >= 11 is 1.35. The van der Waals surface area contributed by atoms with Gasteiger partial charge in [-0.3, -0.25) is 4.79 Å². The van der Waals surface area contributed by atoms with E-state index >= 15 is 0 Å². The molecule has 0 aliphatic heterocycles. The van der Waals surface area contributed by atoms with E-state index < -0.39 is 0 Å². The Kier molecular flexibility index (Phi) is 2.90. The molecule has 1 aromatic carbocycles. The first-order valence-electron chi connectivity index (χ1n) is 6.68. The third kappa shape index (κ3) is 1.88. The third-order valence-corrected chi connectivity index (χ3v) is 4.60. The van der Waals surface area contributed by atoms with E-state index in [1.165, 1.54) is 17.7 Å². The number of aromatic nitrogens is 3. The number of hydrogen-bond donors (Lipinski definition) is 1. The number of pyridine rings is 1. The minimum atomic E-state index is -0.133. The molecule has 0 aliphatic carbocycles. The molecule has 0 saturated heterocycles. The van der Waals surface area contributed by atoms with Crippen LogP contribution in [0.25, 0.3) is 31.7 Å². The van der Waals surface area contributed by atoms with Gasteiger partial charge in [-0.1, -0.05) is 12.1 Å². The number of H-pyrrole nitrogens is 1. The Labute approximate surface area is 129 Å². The lowest BCUT2D eigenvalue weighted by Gasteiger charge is -2.07. The van der Waals surface area contributed by atoms with E-state index in [-0.39, 0.29) is 5.56 Å². The highest BCUT2D eigenvalue weighted by molar-refractivity contribution is 7.25. The van der Waals surface area contributed by atoms with Gasteiger partial charge in [-0.25, -0.2) is 9.97 Å². The minimum Gasteiger partial charge on any atom is -0.496 e. The maximum absolute atomic E-state index is 11.9. The fourth-order valence-corrected chi connectivity index (χ4v) is 3.50. The summed E-state index contributed by atoms with van der Waals surface area (Å²) in [5.41, 5.74) is 2.30.